The normalized spacial score (nSPS) is 15.0. The predicted molar refractivity (Wildman–Crippen MR) is 186 cm³/mol. The molecule has 1 fully saturated rings. The Hall–Kier alpha value is -4.71. The van der Waals surface area contributed by atoms with Gasteiger partial charge in [-0.05, 0) is 65.1 Å². The molecule has 2 aliphatic rings. The van der Waals surface area contributed by atoms with Crippen LogP contribution in [0.1, 0.15) is 68.2 Å². The first-order valence-electron chi connectivity index (χ1n) is 16.0. The van der Waals surface area contributed by atoms with E-state index in [2.05, 4.69) is 53.1 Å². The minimum absolute atomic E-state index is 0.239. The molecule has 3 aromatic rings. The van der Waals surface area contributed by atoms with Crippen molar-refractivity contribution in [2.45, 2.75) is 58.0 Å². The number of ether oxygens (including phenoxy) is 2. The molecule has 1 aromatic carbocycles. The maximum Gasteiger partial charge on any atom is 0.343 e. The highest BCUT2D eigenvalue weighted by atomic mass is 16.5. The van der Waals surface area contributed by atoms with E-state index in [1.165, 1.54) is 12.3 Å². The van der Waals surface area contributed by atoms with Crippen LogP contribution >= 0.6 is 0 Å². The van der Waals surface area contributed by atoms with Gasteiger partial charge in [0, 0.05) is 56.0 Å². The topological polar surface area (TPSA) is 125 Å². The first kappa shape index (κ1) is 33.6. The number of methoxy groups -OCH3 is 1. The quantitative estimate of drug-likeness (QED) is 0.178. The van der Waals surface area contributed by atoms with E-state index in [1.807, 2.05) is 50.9 Å². The first-order valence-corrected chi connectivity index (χ1v) is 16.0. The third-order valence-corrected chi connectivity index (χ3v) is 8.26. The zero-order valence-electron chi connectivity index (χ0n) is 28.7. The summed E-state index contributed by atoms with van der Waals surface area (Å²) in [4.78, 5) is 46.5. The summed E-state index contributed by atoms with van der Waals surface area (Å²) in [5.41, 5.74) is 4.83. The van der Waals surface area contributed by atoms with E-state index < -0.39 is 5.97 Å². The molecule has 2 aromatic heterocycles. The van der Waals surface area contributed by atoms with Gasteiger partial charge in [0.2, 0.25) is 11.9 Å². The van der Waals surface area contributed by atoms with Gasteiger partial charge in [0.25, 0.3) is 0 Å². The van der Waals surface area contributed by atoms with Gasteiger partial charge < -0.3 is 34.8 Å². The standard InChI is InChI=1S/C35H46N8O4/c1-10-30(44)37-25-17-26(29(46-9)18-28(25)42(8)16-15-41(6)7)39-34-36-19-23(33(45)47-21(2)3)32(40-34)43-20-35(4,5)31-27(43)14-13-24(38-31)22-11-12-22/h10,13-14,17-19,21-22H,1,11-12,15-16,20H2,2-9H3,(H,37,44)(H,36,39,40). The number of nitrogens with zero attached hydrogens (tertiary/aromatic N) is 6. The van der Waals surface area contributed by atoms with Crippen molar-refractivity contribution in [1.29, 1.82) is 0 Å². The highest BCUT2D eigenvalue weighted by molar-refractivity contribution is 6.02. The molecule has 0 bridgehead atoms. The minimum Gasteiger partial charge on any atom is -0.494 e. The monoisotopic (exact) mass is 642 g/mol. The summed E-state index contributed by atoms with van der Waals surface area (Å²) in [5.74, 6) is 0.845. The van der Waals surface area contributed by atoms with E-state index in [9.17, 15) is 9.59 Å². The van der Waals surface area contributed by atoms with Crippen molar-refractivity contribution in [3.05, 3.63) is 60.1 Å². The maximum atomic E-state index is 13.4. The van der Waals surface area contributed by atoms with Gasteiger partial charge in [-0.1, -0.05) is 20.4 Å². The van der Waals surface area contributed by atoms with Crippen LogP contribution < -0.4 is 25.2 Å². The number of hydrogen-bond donors (Lipinski definition) is 2. The number of fused-ring (bicyclic) bond motifs is 1. The lowest BCUT2D eigenvalue weighted by atomic mass is 9.91. The molecule has 12 heteroatoms. The molecular formula is C35H46N8O4. The smallest absolute Gasteiger partial charge is 0.343 e. The molecule has 1 saturated carbocycles. The molecule has 0 saturated heterocycles. The second kappa shape index (κ2) is 13.6. The molecule has 0 atom stereocenters. The molecule has 47 heavy (non-hydrogen) atoms. The van der Waals surface area contributed by atoms with Crippen LogP contribution in [0.4, 0.5) is 34.5 Å². The zero-order chi connectivity index (χ0) is 34.0. The minimum atomic E-state index is -0.507. The van der Waals surface area contributed by atoms with Crippen LogP contribution in [0.2, 0.25) is 0 Å². The molecule has 3 heterocycles. The number of aromatic nitrogens is 3. The lowest BCUT2D eigenvalue weighted by molar-refractivity contribution is -0.111. The van der Waals surface area contributed by atoms with Crippen LogP contribution in [0.5, 0.6) is 5.75 Å². The Morgan fingerprint density at radius 2 is 1.87 bits per heavy atom. The number of esters is 1. The molecule has 1 aliphatic heterocycles. The van der Waals surface area contributed by atoms with Crippen molar-refractivity contribution in [3.8, 4) is 5.75 Å². The Labute approximate surface area is 277 Å². The van der Waals surface area contributed by atoms with Crippen LogP contribution in [0.15, 0.2) is 43.1 Å². The van der Waals surface area contributed by atoms with E-state index >= 15 is 0 Å². The van der Waals surface area contributed by atoms with Gasteiger partial charge in [-0.2, -0.15) is 4.98 Å². The fraction of sp³-hybridized carbons (Fsp3) is 0.457. The summed E-state index contributed by atoms with van der Waals surface area (Å²) in [6.07, 6.45) is 4.72. The SMILES string of the molecule is C=CC(=O)Nc1cc(Nc2ncc(C(=O)OC(C)C)c(N3CC(C)(C)c4nc(C5CC5)ccc43)n2)c(OC)cc1N(C)CCN(C)C. The number of hydrogen-bond acceptors (Lipinski definition) is 11. The van der Waals surface area contributed by atoms with Gasteiger partial charge in [0.05, 0.1) is 41.7 Å². The second-order valence-electron chi connectivity index (χ2n) is 13.3. The third kappa shape index (κ3) is 7.48. The van der Waals surface area contributed by atoms with Gasteiger partial charge in [0.15, 0.2) is 5.82 Å². The first-order chi connectivity index (χ1) is 22.3. The number of anilines is 6. The second-order valence-corrected chi connectivity index (χ2v) is 13.3. The number of likely N-dealkylation sites (N-methyl/N-ethyl adjacent to an activating group) is 2. The third-order valence-electron chi connectivity index (χ3n) is 8.26. The summed E-state index contributed by atoms with van der Waals surface area (Å²) < 4.78 is 11.4. The lowest BCUT2D eigenvalue weighted by Crippen LogP contribution is -2.29. The van der Waals surface area contributed by atoms with Gasteiger partial charge >= 0.3 is 5.97 Å². The molecule has 0 radical (unpaired) electrons. The molecule has 12 nitrogen and oxygen atoms in total. The Kier molecular flexibility index (Phi) is 9.71. The summed E-state index contributed by atoms with van der Waals surface area (Å²) in [5, 5.41) is 6.19. The summed E-state index contributed by atoms with van der Waals surface area (Å²) >= 11 is 0. The van der Waals surface area contributed by atoms with Crippen molar-refractivity contribution in [2.24, 2.45) is 0 Å². The van der Waals surface area contributed by atoms with E-state index in [0.717, 1.165) is 42.1 Å². The molecule has 1 amide bonds. The van der Waals surface area contributed by atoms with E-state index in [4.69, 9.17) is 19.4 Å². The van der Waals surface area contributed by atoms with Crippen molar-refractivity contribution in [2.75, 3.05) is 68.3 Å². The highest BCUT2D eigenvalue weighted by Crippen LogP contribution is 2.47. The number of carbonyl (C=O) groups excluding carboxylic acids is 2. The molecule has 1 aliphatic carbocycles. The van der Waals surface area contributed by atoms with E-state index in [1.54, 1.807) is 13.2 Å². The van der Waals surface area contributed by atoms with E-state index in [0.29, 0.717) is 41.9 Å². The van der Waals surface area contributed by atoms with Crippen molar-refractivity contribution < 1.29 is 19.1 Å². The van der Waals surface area contributed by atoms with Crippen molar-refractivity contribution in [3.63, 3.8) is 0 Å². The van der Waals surface area contributed by atoms with Gasteiger partial charge in [0.1, 0.15) is 11.3 Å². The van der Waals surface area contributed by atoms with Crippen molar-refractivity contribution in [1.82, 2.24) is 19.9 Å². The van der Waals surface area contributed by atoms with Crippen LogP contribution in [-0.4, -0.2) is 85.7 Å². The molecule has 0 spiro atoms. The zero-order valence-corrected chi connectivity index (χ0v) is 28.7. The number of nitrogens with one attached hydrogen (secondary N) is 2. The fourth-order valence-corrected chi connectivity index (χ4v) is 5.62. The summed E-state index contributed by atoms with van der Waals surface area (Å²) in [6, 6.07) is 7.80. The highest BCUT2D eigenvalue weighted by Gasteiger charge is 2.41. The predicted octanol–water partition coefficient (Wildman–Crippen LogP) is 5.62. The van der Waals surface area contributed by atoms with Crippen LogP contribution in [0.25, 0.3) is 0 Å². The lowest BCUT2D eigenvalue weighted by Gasteiger charge is -2.26. The largest absolute Gasteiger partial charge is 0.494 e. The maximum absolute atomic E-state index is 13.4. The average Bonchev–Trinajstić information content (AvgIpc) is 3.84. The molecule has 5 rings (SSSR count). The Bertz CT molecular complexity index is 1670. The fourth-order valence-electron chi connectivity index (χ4n) is 5.62. The van der Waals surface area contributed by atoms with Gasteiger partial charge in [-0.25, -0.2) is 9.78 Å². The Morgan fingerprint density at radius 3 is 2.51 bits per heavy atom. The number of amides is 1. The molecule has 2 N–H and O–H groups in total. The van der Waals surface area contributed by atoms with Crippen molar-refractivity contribution >= 4 is 46.4 Å². The number of rotatable bonds is 13. The van der Waals surface area contributed by atoms with Crippen LogP contribution in [0.3, 0.4) is 0 Å². The molecule has 250 valence electrons. The Morgan fingerprint density at radius 1 is 1.13 bits per heavy atom. The number of benzene rings is 1. The molecule has 0 unspecified atom stereocenters. The molecular weight excluding hydrogens is 596 g/mol. The number of carbonyl (C=O) groups is 2. The number of pyridine rings is 1. The van der Waals surface area contributed by atoms with Gasteiger partial charge in [-0.15, -0.1) is 0 Å². The van der Waals surface area contributed by atoms with E-state index in [-0.39, 0.29) is 28.9 Å². The summed E-state index contributed by atoms with van der Waals surface area (Å²) in [7, 11) is 7.55. The van der Waals surface area contributed by atoms with Crippen LogP contribution in [-0.2, 0) is 14.9 Å². The van der Waals surface area contributed by atoms with Crippen LogP contribution in [0, 0.1) is 0 Å². The van der Waals surface area contributed by atoms with Gasteiger partial charge in [-0.3, -0.25) is 9.78 Å². The Balaban J connectivity index is 1.56. The average molecular weight is 643 g/mol. The summed E-state index contributed by atoms with van der Waals surface area (Å²) in [6.45, 7) is 13.6.